The molecule has 0 aliphatic carbocycles. The van der Waals surface area contributed by atoms with Crippen LogP contribution < -0.4 is 4.74 Å². The summed E-state index contributed by atoms with van der Waals surface area (Å²) < 4.78 is 6.61. The maximum absolute atomic E-state index is 11.7. The van der Waals surface area contributed by atoms with E-state index in [4.69, 9.17) is 14.9 Å². The summed E-state index contributed by atoms with van der Waals surface area (Å²) in [6.07, 6.45) is 2.23. The van der Waals surface area contributed by atoms with Crippen molar-refractivity contribution < 1.29 is 24.5 Å². The van der Waals surface area contributed by atoms with Crippen molar-refractivity contribution in [2.24, 2.45) is 0 Å². The number of nitrogens with zero attached hydrogens (tertiary/aromatic N) is 2. The molecule has 2 aromatic rings. The molecule has 0 aliphatic heterocycles. The van der Waals surface area contributed by atoms with Crippen molar-refractivity contribution in [3.8, 4) is 5.75 Å². The Hall–Kier alpha value is -3.09. The van der Waals surface area contributed by atoms with Crippen LogP contribution >= 0.6 is 0 Å². The molecule has 0 amide bonds. The highest BCUT2D eigenvalue weighted by atomic mass is 16.5. The zero-order chi connectivity index (χ0) is 16.1. The summed E-state index contributed by atoms with van der Waals surface area (Å²) in [6.45, 7) is 0.450. The molecule has 0 fully saturated rings. The van der Waals surface area contributed by atoms with E-state index in [0.717, 1.165) is 11.3 Å². The van der Waals surface area contributed by atoms with E-state index in [2.05, 4.69) is 5.10 Å². The van der Waals surface area contributed by atoms with Crippen molar-refractivity contribution in [2.45, 2.75) is 6.54 Å². The van der Waals surface area contributed by atoms with Gasteiger partial charge in [0.1, 0.15) is 11.4 Å². The maximum atomic E-state index is 11.7. The van der Waals surface area contributed by atoms with E-state index in [1.54, 1.807) is 18.0 Å². The molecule has 2 rings (SSSR count). The summed E-state index contributed by atoms with van der Waals surface area (Å²) in [5.41, 5.74) is 1.02. The molecule has 2 N–H and O–H groups in total. The number of aliphatic hydroxyl groups is 1. The van der Waals surface area contributed by atoms with Crippen molar-refractivity contribution in [1.29, 1.82) is 0 Å². The van der Waals surface area contributed by atoms with Crippen LogP contribution in [0.1, 0.15) is 16.1 Å². The molecule has 0 saturated heterocycles. The third-order valence-corrected chi connectivity index (χ3v) is 2.88. The molecule has 0 unspecified atom stereocenters. The molecule has 0 bridgehead atoms. The van der Waals surface area contributed by atoms with Crippen LogP contribution in [0.5, 0.6) is 5.75 Å². The number of aromatic nitrogens is 2. The van der Waals surface area contributed by atoms with E-state index >= 15 is 0 Å². The minimum atomic E-state index is -1.56. The number of methoxy groups -OCH3 is 1. The van der Waals surface area contributed by atoms with Crippen LogP contribution in [0.25, 0.3) is 0 Å². The van der Waals surface area contributed by atoms with Crippen molar-refractivity contribution >= 4 is 11.8 Å². The highest BCUT2D eigenvalue weighted by Gasteiger charge is 2.12. The topological polar surface area (TPSA) is 102 Å². The van der Waals surface area contributed by atoms with Crippen molar-refractivity contribution in [3.05, 3.63) is 59.6 Å². The van der Waals surface area contributed by atoms with Crippen LogP contribution in [0.2, 0.25) is 0 Å². The number of aliphatic carboxylic acids is 1. The zero-order valence-corrected chi connectivity index (χ0v) is 11.8. The number of carboxylic acid groups (broad SMARTS) is 1. The summed E-state index contributed by atoms with van der Waals surface area (Å²) in [7, 11) is 1.58. The van der Waals surface area contributed by atoms with Gasteiger partial charge in [-0.2, -0.15) is 5.10 Å². The number of carbonyl (C=O) groups is 2. The minimum absolute atomic E-state index is 0.0568. The van der Waals surface area contributed by atoms with Crippen molar-refractivity contribution in [2.75, 3.05) is 7.11 Å². The van der Waals surface area contributed by atoms with Gasteiger partial charge in [-0.3, -0.25) is 9.48 Å². The number of carbonyl (C=O) groups excluding carboxylic acids is 1. The second-order valence-corrected chi connectivity index (χ2v) is 4.45. The molecule has 0 spiro atoms. The number of hydrogen-bond donors (Lipinski definition) is 2. The minimum Gasteiger partial charge on any atom is -0.502 e. The Bertz CT molecular complexity index is 716. The number of aliphatic hydroxyl groups excluding tert-OH is 1. The lowest BCUT2D eigenvalue weighted by atomic mass is 10.2. The summed E-state index contributed by atoms with van der Waals surface area (Å²) >= 11 is 0. The first-order chi connectivity index (χ1) is 10.5. The van der Waals surface area contributed by atoms with Gasteiger partial charge in [-0.05, 0) is 23.8 Å². The maximum Gasteiger partial charge on any atom is 0.371 e. The van der Waals surface area contributed by atoms with Gasteiger partial charge in [-0.25, -0.2) is 4.79 Å². The van der Waals surface area contributed by atoms with Gasteiger partial charge in [0.25, 0.3) is 0 Å². The number of rotatable bonds is 6. The molecule has 0 radical (unpaired) electrons. The Kier molecular flexibility index (Phi) is 4.57. The normalized spacial score (nSPS) is 11.2. The number of carboxylic acids is 1. The number of benzene rings is 1. The van der Waals surface area contributed by atoms with Crippen LogP contribution in [-0.4, -0.2) is 38.9 Å². The monoisotopic (exact) mass is 302 g/mol. The summed E-state index contributed by atoms with van der Waals surface area (Å²) in [5, 5.41) is 21.6. The fourth-order valence-corrected chi connectivity index (χ4v) is 1.76. The highest BCUT2D eigenvalue weighted by molar-refractivity contribution is 6.06. The quantitative estimate of drug-likeness (QED) is 0.478. The smallest absolute Gasteiger partial charge is 0.371 e. The number of allylic oxidation sites excluding steroid dienone is 1. The predicted molar refractivity (Wildman–Crippen MR) is 77.0 cm³/mol. The van der Waals surface area contributed by atoms with E-state index in [9.17, 15) is 9.59 Å². The van der Waals surface area contributed by atoms with E-state index in [1.807, 2.05) is 24.3 Å². The second-order valence-electron chi connectivity index (χ2n) is 4.45. The van der Waals surface area contributed by atoms with Crippen LogP contribution in [-0.2, 0) is 11.3 Å². The summed E-state index contributed by atoms with van der Waals surface area (Å²) in [5.74, 6) is -2.51. The number of ketones is 1. The molecule has 114 valence electrons. The Morgan fingerprint density at radius 1 is 1.23 bits per heavy atom. The standard InChI is InChI=1S/C15H14N2O5/c1-22-11-4-2-10(3-5-11)9-17-7-6-12(16-17)13(18)8-14(19)15(20)21/h2-8,19H,9H2,1H3,(H,20,21). The SMILES string of the molecule is COc1ccc(Cn2ccc(C(=O)C=C(O)C(=O)O)n2)cc1. The van der Waals surface area contributed by atoms with Crippen LogP contribution in [0.4, 0.5) is 0 Å². The van der Waals surface area contributed by atoms with Gasteiger partial charge in [-0.15, -0.1) is 0 Å². The lowest BCUT2D eigenvalue weighted by molar-refractivity contribution is -0.135. The molecule has 7 heteroatoms. The van der Waals surface area contributed by atoms with Crippen LogP contribution in [0.3, 0.4) is 0 Å². The Balaban J connectivity index is 2.09. The lowest BCUT2D eigenvalue weighted by Crippen LogP contribution is -2.06. The zero-order valence-electron chi connectivity index (χ0n) is 11.8. The highest BCUT2D eigenvalue weighted by Crippen LogP contribution is 2.12. The first kappa shape index (κ1) is 15.3. The van der Waals surface area contributed by atoms with Gasteiger partial charge >= 0.3 is 5.97 Å². The van der Waals surface area contributed by atoms with Gasteiger partial charge in [0.05, 0.1) is 13.7 Å². The van der Waals surface area contributed by atoms with Gasteiger partial charge in [0, 0.05) is 12.3 Å². The number of hydrogen-bond acceptors (Lipinski definition) is 5. The average Bonchev–Trinajstić information content (AvgIpc) is 2.96. The number of ether oxygens (including phenoxy) is 1. The van der Waals surface area contributed by atoms with Crippen molar-refractivity contribution in [3.63, 3.8) is 0 Å². The molecule has 7 nitrogen and oxygen atoms in total. The first-order valence-electron chi connectivity index (χ1n) is 6.34. The average molecular weight is 302 g/mol. The Morgan fingerprint density at radius 2 is 1.91 bits per heavy atom. The lowest BCUT2D eigenvalue weighted by Gasteiger charge is -2.03. The molecular formula is C15H14N2O5. The van der Waals surface area contributed by atoms with E-state index in [1.165, 1.54) is 6.07 Å². The van der Waals surface area contributed by atoms with Gasteiger partial charge in [-0.1, -0.05) is 12.1 Å². The largest absolute Gasteiger partial charge is 0.502 e. The van der Waals surface area contributed by atoms with Crippen molar-refractivity contribution in [1.82, 2.24) is 9.78 Å². The Morgan fingerprint density at radius 3 is 2.50 bits per heavy atom. The Labute approximate surface area is 126 Å². The molecule has 1 heterocycles. The fraction of sp³-hybridized carbons (Fsp3) is 0.133. The third-order valence-electron chi connectivity index (χ3n) is 2.88. The van der Waals surface area contributed by atoms with Gasteiger partial charge in [0.2, 0.25) is 11.5 Å². The molecular weight excluding hydrogens is 288 g/mol. The van der Waals surface area contributed by atoms with Gasteiger partial charge < -0.3 is 14.9 Å². The van der Waals surface area contributed by atoms with Crippen LogP contribution in [0.15, 0.2) is 48.4 Å². The molecule has 1 aromatic carbocycles. The van der Waals surface area contributed by atoms with E-state index < -0.39 is 17.5 Å². The van der Waals surface area contributed by atoms with E-state index in [0.29, 0.717) is 12.6 Å². The predicted octanol–water partition coefficient (Wildman–Crippen LogP) is 1.65. The van der Waals surface area contributed by atoms with Crippen LogP contribution in [0, 0.1) is 0 Å². The van der Waals surface area contributed by atoms with E-state index in [-0.39, 0.29) is 5.69 Å². The van der Waals surface area contributed by atoms with Gasteiger partial charge in [0.15, 0.2) is 0 Å². The second kappa shape index (κ2) is 6.57. The third kappa shape index (κ3) is 3.72. The molecule has 0 aliphatic rings. The molecule has 1 aromatic heterocycles. The molecule has 0 atom stereocenters. The molecule has 22 heavy (non-hydrogen) atoms. The summed E-state index contributed by atoms with van der Waals surface area (Å²) in [6, 6.07) is 8.84. The summed E-state index contributed by atoms with van der Waals surface area (Å²) in [4.78, 5) is 22.2. The molecule has 0 saturated carbocycles. The fourth-order valence-electron chi connectivity index (χ4n) is 1.76. The first-order valence-corrected chi connectivity index (χ1v) is 6.34.